The Morgan fingerprint density at radius 2 is 2.11 bits per heavy atom. The number of hydrogen-bond donors (Lipinski definition) is 1. The summed E-state index contributed by atoms with van der Waals surface area (Å²) in [7, 11) is 1.40. The number of hydrogen-bond acceptors (Lipinski definition) is 4. The molecule has 19 heavy (non-hydrogen) atoms. The lowest BCUT2D eigenvalue weighted by atomic mass is 10.1. The topological polar surface area (TPSA) is 38.3 Å². The normalized spacial score (nSPS) is 11.4. The summed E-state index contributed by atoms with van der Waals surface area (Å²) in [5.74, 6) is 0.127. The summed E-state index contributed by atoms with van der Waals surface area (Å²) in [6.45, 7) is 7.23. The van der Waals surface area contributed by atoms with Crippen LogP contribution in [0, 0.1) is 0 Å². The van der Waals surface area contributed by atoms with E-state index in [1.165, 1.54) is 24.4 Å². The number of esters is 1. The Morgan fingerprint density at radius 3 is 2.63 bits per heavy atom. The average molecular weight is 346 g/mol. The third-order valence-electron chi connectivity index (χ3n) is 2.42. The molecule has 5 heteroatoms. The highest BCUT2D eigenvalue weighted by Crippen LogP contribution is 2.25. The molecule has 0 radical (unpaired) electrons. The quantitative estimate of drug-likeness (QED) is 0.653. The van der Waals surface area contributed by atoms with Gasteiger partial charge in [-0.1, -0.05) is 22.0 Å². The van der Waals surface area contributed by atoms with E-state index in [0.717, 1.165) is 15.9 Å². The first kappa shape index (κ1) is 16.5. The first-order valence-corrected chi connectivity index (χ1v) is 7.83. The van der Waals surface area contributed by atoms with Gasteiger partial charge in [0.1, 0.15) is 0 Å². The van der Waals surface area contributed by atoms with Crippen molar-refractivity contribution in [2.24, 2.45) is 0 Å². The van der Waals surface area contributed by atoms with Crippen LogP contribution in [-0.2, 0) is 16.1 Å². The summed E-state index contributed by atoms with van der Waals surface area (Å²) in [6, 6.07) is 6.13. The number of methoxy groups -OCH3 is 1. The second-order valence-corrected chi connectivity index (χ2v) is 7.12. The molecular weight excluding hydrogens is 326 g/mol. The standard InChI is InChI=1S/C14H20BrNO2S/c1-14(2,3)16-8-10-5-6-11(7-12(10)15)19-9-13(17)18-4/h5-7,16H,8-9H2,1-4H3. The fraction of sp³-hybridized carbons (Fsp3) is 0.500. The second kappa shape index (κ2) is 7.31. The van der Waals surface area contributed by atoms with Crippen molar-refractivity contribution in [3.63, 3.8) is 0 Å². The Labute approximate surface area is 127 Å². The van der Waals surface area contributed by atoms with E-state index in [-0.39, 0.29) is 11.5 Å². The predicted molar refractivity (Wildman–Crippen MR) is 83.5 cm³/mol. The maximum Gasteiger partial charge on any atom is 0.315 e. The van der Waals surface area contributed by atoms with Gasteiger partial charge in [-0.3, -0.25) is 4.79 Å². The van der Waals surface area contributed by atoms with E-state index < -0.39 is 0 Å². The average Bonchev–Trinajstić information content (AvgIpc) is 2.33. The molecule has 1 N–H and O–H groups in total. The minimum Gasteiger partial charge on any atom is -0.468 e. The van der Waals surface area contributed by atoms with Crippen LogP contribution in [0.15, 0.2) is 27.6 Å². The summed E-state index contributed by atoms with van der Waals surface area (Å²) in [6.07, 6.45) is 0. The number of benzene rings is 1. The summed E-state index contributed by atoms with van der Waals surface area (Å²) >= 11 is 5.04. The lowest BCUT2D eigenvalue weighted by Crippen LogP contribution is -2.35. The molecule has 0 saturated carbocycles. The van der Waals surface area contributed by atoms with E-state index in [2.05, 4.69) is 52.8 Å². The Bertz CT molecular complexity index is 444. The largest absolute Gasteiger partial charge is 0.468 e. The molecule has 0 spiro atoms. The van der Waals surface area contributed by atoms with Gasteiger partial charge in [0, 0.05) is 21.5 Å². The minimum atomic E-state index is -0.209. The molecule has 3 nitrogen and oxygen atoms in total. The van der Waals surface area contributed by atoms with Gasteiger partial charge < -0.3 is 10.1 Å². The van der Waals surface area contributed by atoms with Crippen LogP contribution in [0.25, 0.3) is 0 Å². The number of nitrogens with one attached hydrogen (secondary N) is 1. The van der Waals surface area contributed by atoms with Crippen molar-refractivity contribution >= 4 is 33.7 Å². The molecule has 1 aromatic rings. The van der Waals surface area contributed by atoms with Crippen molar-refractivity contribution < 1.29 is 9.53 Å². The first-order chi connectivity index (χ1) is 8.81. The van der Waals surface area contributed by atoms with E-state index in [1.54, 1.807) is 0 Å². The number of carbonyl (C=O) groups excluding carboxylic acids is 1. The fourth-order valence-electron chi connectivity index (χ4n) is 1.32. The summed E-state index contributed by atoms with van der Waals surface area (Å²) in [4.78, 5) is 12.1. The van der Waals surface area contributed by atoms with Crippen molar-refractivity contribution in [3.8, 4) is 0 Å². The number of ether oxygens (including phenoxy) is 1. The number of rotatable bonds is 5. The lowest BCUT2D eigenvalue weighted by Gasteiger charge is -2.21. The number of thioether (sulfide) groups is 1. The lowest BCUT2D eigenvalue weighted by molar-refractivity contribution is -0.137. The van der Waals surface area contributed by atoms with E-state index >= 15 is 0 Å². The molecule has 1 aromatic carbocycles. The Hall–Kier alpha value is -0.520. The van der Waals surface area contributed by atoms with E-state index in [4.69, 9.17) is 0 Å². The van der Waals surface area contributed by atoms with Gasteiger partial charge in [0.25, 0.3) is 0 Å². The number of halogens is 1. The van der Waals surface area contributed by atoms with Crippen LogP contribution >= 0.6 is 27.7 Å². The van der Waals surface area contributed by atoms with Crippen LogP contribution in [0.3, 0.4) is 0 Å². The van der Waals surface area contributed by atoms with Crippen molar-refractivity contribution in [3.05, 3.63) is 28.2 Å². The third-order valence-corrected chi connectivity index (χ3v) is 4.12. The zero-order valence-electron chi connectivity index (χ0n) is 11.7. The zero-order chi connectivity index (χ0) is 14.5. The first-order valence-electron chi connectivity index (χ1n) is 6.05. The van der Waals surface area contributed by atoms with Gasteiger partial charge in [-0.25, -0.2) is 0 Å². The molecule has 0 unspecified atom stereocenters. The van der Waals surface area contributed by atoms with E-state index in [0.29, 0.717) is 5.75 Å². The van der Waals surface area contributed by atoms with Crippen LogP contribution < -0.4 is 5.32 Å². The molecule has 0 heterocycles. The van der Waals surface area contributed by atoms with Gasteiger partial charge in [0.15, 0.2) is 0 Å². The van der Waals surface area contributed by atoms with E-state index in [1.807, 2.05) is 12.1 Å². The van der Waals surface area contributed by atoms with Crippen LogP contribution in [0.4, 0.5) is 0 Å². The highest BCUT2D eigenvalue weighted by Gasteiger charge is 2.10. The Morgan fingerprint density at radius 1 is 1.42 bits per heavy atom. The smallest absolute Gasteiger partial charge is 0.315 e. The zero-order valence-corrected chi connectivity index (χ0v) is 14.2. The van der Waals surface area contributed by atoms with Crippen molar-refractivity contribution in [1.29, 1.82) is 0 Å². The molecule has 0 atom stereocenters. The molecule has 0 aliphatic carbocycles. The molecule has 0 aliphatic heterocycles. The van der Waals surface area contributed by atoms with Gasteiger partial charge in [-0.05, 0) is 38.5 Å². The SMILES string of the molecule is COC(=O)CSc1ccc(CNC(C)(C)C)c(Br)c1. The van der Waals surface area contributed by atoms with Gasteiger partial charge in [0.05, 0.1) is 12.9 Å². The van der Waals surface area contributed by atoms with Crippen LogP contribution in [0.5, 0.6) is 0 Å². The molecule has 0 aliphatic rings. The molecule has 0 saturated heterocycles. The highest BCUT2D eigenvalue weighted by atomic mass is 79.9. The molecule has 0 bridgehead atoms. The summed E-state index contributed by atoms with van der Waals surface area (Å²) < 4.78 is 5.68. The van der Waals surface area contributed by atoms with Crippen LogP contribution in [0.1, 0.15) is 26.3 Å². The maximum atomic E-state index is 11.1. The van der Waals surface area contributed by atoms with Crippen molar-refractivity contribution in [2.45, 2.75) is 37.8 Å². The molecule has 106 valence electrons. The second-order valence-electron chi connectivity index (χ2n) is 5.22. The van der Waals surface area contributed by atoms with Crippen molar-refractivity contribution in [1.82, 2.24) is 5.32 Å². The Balaban J connectivity index is 2.61. The van der Waals surface area contributed by atoms with Crippen molar-refractivity contribution in [2.75, 3.05) is 12.9 Å². The van der Waals surface area contributed by atoms with E-state index in [9.17, 15) is 4.79 Å². The van der Waals surface area contributed by atoms with Crippen LogP contribution in [0.2, 0.25) is 0 Å². The van der Waals surface area contributed by atoms with Gasteiger partial charge >= 0.3 is 5.97 Å². The summed E-state index contributed by atoms with van der Waals surface area (Å²) in [5, 5.41) is 3.45. The molecule has 0 amide bonds. The Kier molecular flexibility index (Phi) is 6.36. The van der Waals surface area contributed by atoms with Gasteiger partial charge in [-0.2, -0.15) is 0 Å². The molecule has 0 aromatic heterocycles. The summed E-state index contributed by atoms with van der Waals surface area (Å²) in [5.41, 5.74) is 1.30. The third kappa shape index (κ3) is 6.45. The van der Waals surface area contributed by atoms with Gasteiger partial charge in [0.2, 0.25) is 0 Å². The van der Waals surface area contributed by atoms with Crippen LogP contribution in [-0.4, -0.2) is 24.4 Å². The maximum absolute atomic E-state index is 11.1. The highest BCUT2D eigenvalue weighted by molar-refractivity contribution is 9.10. The monoisotopic (exact) mass is 345 g/mol. The molecule has 1 rings (SSSR count). The minimum absolute atomic E-state index is 0.0950. The molecular formula is C14H20BrNO2S. The molecule has 0 fully saturated rings. The van der Waals surface area contributed by atoms with Gasteiger partial charge in [-0.15, -0.1) is 11.8 Å². The fourth-order valence-corrected chi connectivity index (χ4v) is 2.76. The number of carbonyl (C=O) groups is 1. The predicted octanol–water partition coefficient (Wildman–Crippen LogP) is 3.60.